The van der Waals surface area contributed by atoms with E-state index >= 15 is 0 Å². The van der Waals surface area contributed by atoms with Gasteiger partial charge in [-0.05, 0) is 30.7 Å². The van der Waals surface area contributed by atoms with E-state index in [2.05, 4.69) is 27.2 Å². The van der Waals surface area contributed by atoms with Gasteiger partial charge in [0.25, 0.3) is 0 Å². The van der Waals surface area contributed by atoms with Crippen LogP contribution < -0.4 is 9.64 Å². The van der Waals surface area contributed by atoms with Crippen LogP contribution in [0.1, 0.15) is 6.42 Å². The van der Waals surface area contributed by atoms with Crippen molar-refractivity contribution in [3.05, 3.63) is 48.5 Å². The molecule has 5 heteroatoms. The summed E-state index contributed by atoms with van der Waals surface area (Å²) in [7, 11) is 1.66. The fraction of sp³-hybridized carbons (Fsp3) is 0.300. The first-order chi connectivity index (χ1) is 12.3. The van der Waals surface area contributed by atoms with E-state index in [4.69, 9.17) is 4.74 Å². The van der Waals surface area contributed by atoms with Crippen molar-refractivity contribution in [3.8, 4) is 17.0 Å². The van der Waals surface area contributed by atoms with Crippen molar-refractivity contribution in [2.24, 2.45) is 5.92 Å². The van der Waals surface area contributed by atoms with E-state index in [1.54, 1.807) is 7.11 Å². The van der Waals surface area contributed by atoms with Gasteiger partial charge in [-0.2, -0.15) is 0 Å². The highest BCUT2D eigenvalue weighted by Crippen LogP contribution is 2.33. The minimum absolute atomic E-state index is 0.228. The molecule has 1 aliphatic rings. The first-order valence-corrected chi connectivity index (χ1v) is 8.56. The SMILES string of the molecule is COc1ccc(-c2nnc(N3CC[C@H](CO)C3)c3ccccc23)cc1. The van der Waals surface area contributed by atoms with Crippen LogP contribution in [0.15, 0.2) is 48.5 Å². The van der Waals surface area contributed by atoms with Crippen molar-refractivity contribution in [1.29, 1.82) is 0 Å². The maximum Gasteiger partial charge on any atom is 0.159 e. The van der Waals surface area contributed by atoms with E-state index in [1.807, 2.05) is 36.4 Å². The van der Waals surface area contributed by atoms with Crippen molar-refractivity contribution in [2.45, 2.75) is 6.42 Å². The van der Waals surface area contributed by atoms with Gasteiger partial charge in [-0.1, -0.05) is 24.3 Å². The maximum absolute atomic E-state index is 9.41. The fourth-order valence-electron chi connectivity index (χ4n) is 3.46. The van der Waals surface area contributed by atoms with Crippen LogP contribution in [0.5, 0.6) is 5.75 Å². The molecule has 3 aromatic rings. The second-order valence-corrected chi connectivity index (χ2v) is 6.43. The molecular weight excluding hydrogens is 314 g/mol. The Morgan fingerprint density at radius 2 is 1.84 bits per heavy atom. The van der Waals surface area contributed by atoms with Crippen molar-refractivity contribution < 1.29 is 9.84 Å². The van der Waals surface area contributed by atoms with Crippen molar-refractivity contribution in [3.63, 3.8) is 0 Å². The van der Waals surface area contributed by atoms with E-state index in [0.717, 1.165) is 53.1 Å². The Balaban J connectivity index is 1.79. The molecule has 1 N–H and O–H groups in total. The van der Waals surface area contributed by atoms with Crippen LogP contribution in [-0.2, 0) is 0 Å². The zero-order valence-electron chi connectivity index (χ0n) is 14.2. The standard InChI is InChI=1S/C20H21N3O2/c1-25-16-8-6-15(7-9-16)19-17-4-2-3-5-18(17)20(22-21-19)23-11-10-14(12-23)13-24/h2-9,14,24H,10-13H2,1H3/t14-/m0/s1. The number of benzene rings is 2. The monoisotopic (exact) mass is 335 g/mol. The highest BCUT2D eigenvalue weighted by Gasteiger charge is 2.25. The van der Waals surface area contributed by atoms with Gasteiger partial charge in [0.2, 0.25) is 0 Å². The summed E-state index contributed by atoms with van der Waals surface area (Å²) in [4.78, 5) is 2.23. The predicted octanol–water partition coefficient (Wildman–Crippen LogP) is 3.12. The molecule has 1 aliphatic heterocycles. The van der Waals surface area contributed by atoms with E-state index in [0.29, 0.717) is 5.92 Å². The topological polar surface area (TPSA) is 58.5 Å². The molecule has 0 radical (unpaired) electrons. The van der Waals surface area contributed by atoms with Gasteiger partial charge in [-0.15, -0.1) is 10.2 Å². The largest absolute Gasteiger partial charge is 0.497 e. The van der Waals surface area contributed by atoms with Gasteiger partial charge in [0.15, 0.2) is 5.82 Å². The Labute approximate surface area is 146 Å². The lowest BCUT2D eigenvalue weighted by atomic mass is 10.0. The van der Waals surface area contributed by atoms with E-state index < -0.39 is 0 Å². The number of fused-ring (bicyclic) bond motifs is 1. The van der Waals surface area contributed by atoms with Crippen LogP contribution in [0.25, 0.3) is 22.0 Å². The number of ether oxygens (including phenoxy) is 1. The molecule has 0 amide bonds. The Hall–Kier alpha value is -2.66. The van der Waals surface area contributed by atoms with E-state index in [9.17, 15) is 5.11 Å². The summed E-state index contributed by atoms with van der Waals surface area (Å²) in [6, 6.07) is 16.1. The molecule has 0 unspecified atom stereocenters. The highest BCUT2D eigenvalue weighted by molar-refractivity contribution is 6.00. The molecule has 2 heterocycles. The Morgan fingerprint density at radius 1 is 1.08 bits per heavy atom. The number of methoxy groups -OCH3 is 1. The molecule has 1 atom stereocenters. The van der Waals surface area contributed by atoms with Gasteiger partial charge < -0.3 is 14.7 Å². The molecule has 2 aromatic carbocycles. The van der Waals surface area contributed by atoms with Crippen molar-refractivity contribution in [2.75, 3.05) is 31.7 Å². The average molecular weight is 335 g/mol. The van der Waals surface area contributed by atoms with Gasteiger partial charge in [0, 0.05) is 42.0 Å². The lowest BCUT2D eigenvalue weighted by Crippen LogP contribution is -2.22. The number of hydrogen-bond donors (Lipinski definition) is 1. The summed E-state index contributed by atoms with van der Waals surface area (Å²) >= 11 is 0. The first kappa shape index (κ1) is 15.8. The van der Waals surface area contributed by atoms with Gasteiger partial charge >= 0.3 is 0 Å². The fourth-order valence-corrected chi connectivity index (χ4v) is 3.46. The zero-order chi connectivity index (χ0) is 17.2. The normalized spacial score (nSPS) is 17.2. The molecule has 1 saturated heterocycles. The average Bonchev–Trinajstić information content (AvgIpc) is 3.16. The Bertz CT molecular complexity index is 880. The van der Waals surface area contributed by atoms with Crippen LogP contribution in [0.3, 0.4) is 0 Å². The third-order valence-corrected chi connectivity index (χ3v) is 4.87. The van der Waals surface area contributed by atoms with E-state index in [-0.39, 0.29) is 6.61 Å². The highest BCUT2D eigenvalue weighted by atomic mass is 16.5. The Morgan fingerprint density at radius 3 is 2.52 bits per heavy atom. The minimum atomic E-state index is 0.228. The number of aliphatic hydroxyl groups excluding tert-OH is 1. The summed E-state index contributed by atoms with van der Waals surface area (Å²) in [6.07, 6.45) is 0.993. The van der Waals surface area contributed by atoms with Crippen LogP contribution in [0.4, 0.5) is 5.82 Å². The lowest BCUT2D eigenvalue weighted by molar-refractivity contribution is 0.238. The van der Waals surface area contributed by atoms with Crippen LogP contribution in [-0.4, -0.2) is 42.1 Å². The van der Waals surface area contributed by atoms with Gasteiger partial charge in [0.1, 0.15) is 11.4 Å². The third-order valence-electron chi connectivity index (χ3n) is 4.87. The zero-order valence-corrected chi connectivity index (χ0v) is 14.2. The summed E-state index contributed by atoms with van der Waals surface area (Å²) in [5.74, 6) is 2.05. The molecular formula is C20H21N3O2. The quantitative estimate of drug-likeness (QED) is 0.794. The molecule has 25 heavy (non-hydrogen) atoms. The molecule has 1 fully saturated rings. The second-order valence-electron chi connectivity index (χ2n) is 6.43. The second kappa shape index (κ2) is 6.69. The third kappa shape index (κ3) is 2.91. The van der Waals surface area contributed by atoms with Gasteiger partial charge in [-0.3, -0.25) is 0 Å². The number of anilines is 1. The number of aliphatic hydroxyl groups is 1. The molecule has 0 aliphatic carbocycles. The Kier molecular flexibility index (Phi) is 4.24. The molecule has 0 spiro atoms. The molecule has 128 valence electrons. The summed E-state index contributed by atoms with van der Waals surface area (Å²) in [6.45, 7) is 1.97. The number of rotatable bonds is 4. The van der Waals surface area contributed by atoms with Gasteiger partial charge in [0.05, 0.1) is 7.11 Å². The van der Waals surface area contributed by atoms with Crippen LogP contribution in [0, 0.1) is 5.92 Å². The molecule has 0 saturated carbocycles. The van der Waals surface area contributed by atoms with E-state index in [1.165, 1.54) is 0 Å². The molecule has 0 bridgehead atoms. The van der Waals surface area contributed by atoms with Crippen LogP contribution >= 0.6 is 0 Å². The van der Waals surface area contributed by atoms with Crippen molar-refractivity contribution in [1.82, 2.24) is 10.2 Å². The van der Waals surface area contributed by atoms with Crippen LogP contribution in [0.2, 0.25) is 0 Å². The molecule has 5 nitrogen and oxygen atoms in total. The lowest BCUT2D eigenvalue weighted by Gasteiger charge is -2.19. The maximum atomic E-state index is 9.41. The number of hydrogen-bond acceptors (Lipinski definition) is 5. The molecule has 1 aromatic heterocycles. The smallest absolute Gasteiger partial charge is 0.159 e. The summed E-state index contributed by atoms with van der Waals surface area (Å²) in [5.41, 5.74) is 1.89. The number of aromatic nitrogens is 2. The molecule has 4 rings (SSSR count). The van der Waals surface area contributed by atoms with Gasteiger partial charge in [-0.25, -0.2) is 0 Å². The summed E-state index contributed by atoms with van der Waals surface area (Å²) in [5, 5.41) is 20.7. The van der Waals surface area contributed by atoms with Crippen molar-refractivity contribution >= 4 is 16.6 Å². The minimum Gasteiger partial charge on any atom is -0.497 e. The first-order valence-electron chi connectivity index (χ1n) is 8.56. The number of nitrogens with zero attached hydrogens (tertiary/aromatic N) is 3. The summed E-state index contributed by atoms with van der Waals surface area (Å²) < 4.78 is 5.24. The predicted molar refractivity (Wildman–Crippen MR) is 98.9 cm³/mol.